The van der Waals surface area contributed by atoms with E-state index in [9.17, 15) is 14.9 Å². The van der Waals surface area contributed by atoms with Gasteiger partial charge in [-0.2, -0.15) is 0 Å². The highest BCUT2D eigenvalue weighted by Gasteiger charge is 2.37. The lowest BCUT2D eigenvalue weighted by Gasteiger charge is -2.13. The van der Waals surface area contributed by atoms with Crippen LogP contribution < -0.4 is 5.32 Å². The molecular formula is C12H14N2O4. The van der Waals surface area contributed by atoms with E-state index in [0.717, 1.165) is 18.9 Å². The highest BCUT2D eigenvalue weighted by Crippen LogP contribution is 2.44. The third-order valence-electron chi connectivity index (χ3n) is 3.25. The molecule has 6 nitrogen and oxygen atoms in total. The minimum atomic E-state index is -1.16. The number of rotatable bonds is 5. The molecule has 0 spiro atoms. The van der Waals surface area contributed by atoms with Gasteiger partial charge in [0.15, 0.2) is 0 Å². The van der Waals surface area contributed by atoms with Crippen LogP contribution in [0.1, 0.15) is 30.1 Å². The first-order valence-corrected chi connectivity index (χ1v) is 5.67. The van der Waals surface area contributed by atoms with Crippen LogP contribution in [0.15, 0.2) is 18.2 Å². The Morgan fingerprint density at radius 1 is 1.56 bits per heavy atom. The second kappa shape index (κ2) is 4.29. The van der Waals surface area contributed by atoms with Crippen molar-refractivity contribution in [3.05, 3.63) is 33.9 Å². The highest BCUT2D eigenvalue weighted by molar-refractivity contribution is 5.95. The van der Waals surface area contributed by atoms with Gasteiger partial charge in [-0.25, -0.2) is 4.79 Å². The standard InChI is InChI=1S/C12H14N2O4/c1-12(4-5-12)7-13-10-3-2-8(14(17)18)6-9(10)11(15)16/h2-3,6,13H,4-5,7H2,1H3,(H,15,16). The molecule has 0 bridgehead atoms. The molecule has 0 aliphatic heterocycles. The largest absolute Gasteiger partial charge is 0.478 e. The van der Waals surface area contributed by atoms with E-state index in [1.165, 1.54) is 12.1 Å². The van der Waals surface area contributed by atoms with Gasteiger partial charge in [0.2, 0.25) is 0 Å². The fourth-order valence-electron chi connectivity index (χ4n) is 1.68. The van der Waals surface area contributed by atoms with Gasteiger partial charge in [-0.1, -0.05) is 6.92 Å². The third-order valence-corrected chi connectivity index (χ3v) is 3.25. The maximum absolute atomic E-state index is 11.1. The number of anilines is 1. The van der Waals surface area contributed by atoms with Crippen molar-refractivity contribution >= 4 is 17.3 Å². The molecule has 1 saturated carbocycles. The molecule has 0 saturated heterocycles. The maximum atomic E-state index is 11.1. The molecule has 1 aromatic rings. The number of carboxylic acids is 1. The molecule has 0 amide bonds. The van der Waals surface area contributed by atoms with Crippen LogP contribution >= 0.6 is 0 Å². The SMILES string of the molecule is CC1(CNc2ccc([N+](=O)[O-])cc2C(=O)O)CC1. The van der Waals surface area contributed by atoms with Crippen molar-refractivity contribution in [2.45, 2.75) is 19.8 Å². The van der Waals surface area contributed by atoms with Crippen LogP contribution in [0.4, 0.5) is 11.4 Å². The number of nitrogens with one attached hydrogen (secondary N) is 1. The molecule has 0 heterocycles. The van der Waals surface area contributed by atoms with E-state index < -0.39 is 10.9 Å². The first-order chi connectivity index (χ1) is 8.41. The van der Waals surface area contributed by atoms with E-state index in [-0.39, 0.29) is 16.7 Å². The smallest absolute Gasteiger partial charge is 0.338 e. The van der Waals surface area contributed by atoms with E-state index in [0.29, 0.717) is 12.2 Å². The van der Waals surface area contributed by atoms with E-state index in [1.54, 1.807) is 0 Å². The predicted molar refractivity (Wildman–Crippen MR) is 65.9 cm³/mol. The first-order valence-electron chi connectivity index (χ1n) is 5.67. The van der Waals surface area contributed by atoms with Gasteiger partial charge in [0.1, 0.15) is 0 Å². The Morgan fingerprint density at radius 3 is 2.72 bits per heavy atom. The summed E-state index contributed by atoms with van der Waals surface area (Å²) in [5, 5.41) is 22.7. The van der Waals surface area contributed by atoms with Crippen LogP contribution in [0.25, 0.3) is 0 Å². The zero-order chi connectivity index (χ0) is 13.3. The van der Waals surface area contributed by atoms with Crippen molar-refractivity contribution in [2.75, 3.05) is 11.9 Å². The molecular weight excluding hydrogens is 236 g/mol. The zero-order valence-electron chi connectivity index (χ0n) is 9.97. The van der Waals surface area contributed by atoms with Gasteiger partial charge in [0.25, 0.3) is 5.69 Å². The summed E-state index contributed by atoms with van der Waals surface area (Å²) >= 11 is 0. The minimum absolute atomic E-state index is 0.0616. The molecule has 2 N–H and O–H groups in total. The van der Waals surface area contributed by atoms with E-state index >= 15 is 0 Å². The summed E-state index contributed by atoms with van der Waals surface area (Å²) < 4.78 is 0. The predicted octanol–water partition coefficient (Wildman–Crippen LogP) is 2.51. The molecule has 96 valence electrons. The Balaban J connectivity index is 2.22. The molecule has 18 heavy (non-hydrogen) atoms. The second-order valence-electron chi connectivity index (χ2n) is 4.96. The minimum Gasteiger partial charge on any atom is -0.478 e. The summed E-state index contributed by atoms with van der Waals surface area (Å²) in [7, 11) is 0. The summed E-state index contributed by atoms with van der Waals surface area (Å²) in [6.07, 6.45) is 2.24. The van der Waals surface area contributed by atoms with Crippen molar-refractivity contribution in [2.24, 2.45) is 5.41 Å². The summed E-state index contributed by atoms with van der Waals surface area (Å²) in [4.78, 5) is 21.1. The van der Waals surface area contributed by atoms with E-state index in [4.69, 9.17) is 5.11 Å². The van der Waals surface area contributed by atoms with Crippen molar-refractivity contribution in [1.82, 2.24) is 0 Å². The molecule has 0 radical (unpaired) electrons. The maximum Gasteiger partial charge on any atom is 0.338 e. The molecule has 0 unspecified atom stereocenters. The van der Waals surface area contributed by atoms with Crippen molar-refractivity contribution in [3.8, 4) is 0 Å². The lowest BCUT2D eigenvalue weighted by molar-refractivity contribution is -0.384. The zero-order valence-corrected chi connectivity index (χ0v) is 9.97. The number of nitro groups is 1. The lowest BCUT2D eigenvalue weighted by atomic mass is 10.1. The summed E-state index contributed by atoms with van der Waals surface area (Å²) in [6.45, 7) is 2.80. The molecule has 1 aliphatic carbocycles. The van der Waals surface area contributed by atoms with Crippen molar-refractivity contribution in [1.29, 1.82) is 0 Å². The van der Waals surface area contributed by atoms with Gasteiger partial charge in [0.05, 0.1) is 10.5 Å². The number of benzene rings is 1. The quantitative estimate of drug-likeness (QED) is 0.618. The fraction of sp³-hybridized carbons (Fsp3) is 0.417. The van der Waals surface area contributed by atoms with Gasteiger partial charge in [-0.05, 0) is 24.3 Å². The van der Waals surface area contributed by atoms with Crippen LogP contribution in [0.2, 0.25) is 0 Å². The summed E-state index contributed by atoms with van der Waals surface area (Å²) in [6, 6.07) is 3.84. The van der Waals surface area contributed by atoms with Crippen molar-refractivity contribution in [3.63, 3.8) is 0 Å². The molecule has 1 aromatic carbocycles. The number of carboxylic acid groups (broad SMARTS) is 1. The molecule has 0 atom stereocenters. The molecule has 6 heteroatoms. The summed E-state index contributed by atoms with van der Waals surface area (Å²) in [5.41, 5.74) is 0.391. The highest BCUT2D eigenvalue weighted by atomic mass is 16.6. The van der Waals surface area contributed by atoms with Crippen LogP contribution in [0, 0.1) is 15.5 Å². The van der Waals surface area contributed by atoms with Crippen LogP contribution in [0.3, 0.4) is 0 Å². The topological polar surface area (TPSA) is 92.5 Å². The van der Waals surface area contributed by atoms with Gasteiger partial charge in [0, 0.05) is 24.4 Å². The second-order valence-corrected chi connectivity index (χ2v) is 4.96. The van der Waals surface area contributed by atoms with Crippen molar-refractivity contribution < 1.29 is 14.8 Å². The number of nitro benzene ring substituents is 1. The Bertz CT molecular complexity index is 509. The van der Waals surface area contributed by atoms with Gasteiger partial charge < -0.3 is 10.4 Å². The molecule has 0 aromatic heterocycles. The number of non-ortho nitro benzene ring substituents is 1. The average molecular weight is 250 g/mol. The van der Waals surface area contributed by atoms with Gasteiger partial charge >= 0.3 is 5.97 Å². The van der Waals surface area contributed by atoms with Crippen LogP contribution in [-0.2, 0) is 0 Å². The fourth-order valence-corrected chi connectivity index (χ4v) is 1.68. The number of hydrogen-bond acceptors (Lipinski definition) is 4. The number of carbonyl (C=O) groups is 1. The third kappa shape index (κ3) is 2.58. The van der Waals surface area contributed by atoms with Crippen LogP contribution in [0.5, 0.6) is 0 Å². The Hall–Kier alpha value is -2.11. The Morgan fingerprint density at radius 2 is 2.22 bits per heavy atom. The van der Waals surface area contributed by atoms with Gasteiger partial charge in [-0.15, -0.1) is 0 Å². The normalized spacial score (nSPS) is 16.1. The molecule has 1 aliphatic rings. The molecule has 1 fully saturated rings. The molecule has 2 rings (SSSR count). The monoisotopic (exact) mass is 250 g/mol. The van der Waals surface area contributed by atoms with E-state index in [1.807, 2.05) is 0 Å². The lowest BCUT2D eigenvalue weighted by Crippen LogP contribution is -2.14. The van der Waals surface area contributed by atoms with E-state index in [2.05, 4.69) is 12.2 Å². The van der Waals surface area contributed by atoms with Crippen LogP contribution in [-0.4, -0.2) is 22.5 Å². The number of nitrogens with zero attached hydrogens (tertiary/aromatic N) is 1. The Kier molecular flexibility index (Phi) is 2.94. The average Bonchev–Trinajstić information content (AvgIpc) is 3.05. The number of hydrogen-bond donors (Lipinski definition) is 2. The Labute approximate surface area is 104 Å². The summed E-state index contributed by atoms with van der Waals surface area (Å²) in [5.74, 6) is -1.16. The van der Waals surface area contributed by atoms with Gasteiger partial charge in [-0.3, -0.25) is 10.1 Å². The number of aromatic carboxylic acids is 1. The first kappa shape index (κ1) is 12.3.